The van der Waals surface area contributed by atoms with Crippen LogP contribution in [-0.4, -0.2) is 51.2 Å². The molecule has 8 nitrogen and oxygen atoms in total. The van der Waals surface area contributed by atoms with Crippen LogP contribution in [-0.2, 0) is 19.1 Å². The van der Waals surface area contributed by atoms with E-state index in [1.54, 1.807) is 19.1 Å². The van der Waals surface area contributed by atoms with Crippen LogP contribution in [0.4, 0.5) is 5.69 Å². The Hall–Kier alpha value is -2.48. The molecule has 0 saturated carbocycles. The number of hydrogen-bond donors (Lipinski definition) is 1. The van der Waals surface area contributed by atoms with Crippen molar-refractivity contribution in [3.63, 3.8) is 0 Å². The Bertz CT molecular complexity index is 739. The van der Waals surface area contributed by atoms with E-state index in [2.05, 4.69) is 5.32 Å². The second-order valence-electron chi connectivity index (χ2n) is 6.04. The fourth-order valence-electron chi connectivity index (χ4n) is 2.80. The summed E-state index contributed by atoms with van der Waals surface area (Å²) in [6.45, 7) is 3.81. The molecule has 0 aliphatic carbocycles. The molecule has 2 atom stereocenters. The Morgan fingerprint density at radius 1 is 1.30 bits per heavy atom. The third-order valence-corrected chi connectivity index (χ3v) is 4.51. The molecule has 1 aromatic rings. The van der Waals surface area contributed by atoms with E-state index in [4.69, 9.17) is 25.8 Å². The number of methoxy groups -OCH3 is 2. The molecule has 1 aliphatic rings. The SMILES string of the molecule is CCNC(=O)[C@@H](C)OC(=O)[C@@H]1CC(=O)N(c2cc(Cl)c(OC)cc2OC)C1. The Morgan fingerprint density at radius 2 is 1.96 bits per heavy atom. The molecule has 1 N–H and O–H groups in total. The van der Waals surface area contributed by atoms with Crippen molar-refractivity contribution in [2.75, 3.05) is 32.2 Å². The fourth-order valence-corrected chi connectivity index (χ4v) is 3.03. The number of amides is 2. The van der Waals surface area contributed by atoms with Crippen LogP contribution in [0.15, 0.2) is 12.1 Å². The molecule has 0 spiro atoms. The van der Waals surface area contributed by atoms with Gasteiger partial charge in [0, 0.05) is 25.6 Å². The van der Waals surface area contributed by atoms with E-state index in [1.165, 1.54) is 26.0 Å². The number of esters is 1. The molecule has 0 bridgehead atoms. The topological polar surface area (TPSA) is 94.2 Å². The van der Waals surface area contributed by atoms with Gasteiger partial charge in [0.2, 0.25) is 5.91 Å². The molecule has 148 valence electrons. The minimum absolute atomic E-state index is 0.0201. The number of ether oxygens (including phenoxy) is 3. The molecule has 1 aliphatic heterocycles. The van der Waals surface area contributed by atoms with E-state index in [0.717, 1.165) is 0 Å². The number of halogens is 1. The standard InChI is InChI=1S/C18H23ClN2O6/c1-5-20-17(23)10(2)27-18(24)11-6-16(22)21(9-11)13-7-12(19)14(25-3)8-15(13)26-4/h7-8,10-11H,5-6,9H2,1-4H3,(H,20,23)/t10-,11-/m1/s1. The van der Waals surface area contributed by atoms with Crippen molar-refractivity contribution >= 4 is 35.1 Å². The summed E-state index contributed by atoms with van der Waals surface area (Å²) >= 11 is 6.16. The van der Waals surface area contributed by atoms with Gasteiger partial charge in [0.25, 0.3) is 5.91 Å². The zero-order chi connectivity index (χ0) is 20.1. The van der Waals surface area contributed by atoms with Crippen LogP contribution in [0, 0.1) is 5.92 Å². The Balaban J connectivity index is 2.14. The predicted octanol–water partition coefficient (Wildman–Crippen LogP) is 1.78. The molecule has 1 aromatic carbocycles. The molecule has 0 radical (unpaired) electrons. The summed E-state index contributed by atoms with van der Waals surface area (Å²) in [4.78, 5) is 37.9. The molecular formula is C18H23ClN2O6. The predicted molar refractivity (Wildman–Crippen MR) is 99.3 cm³/mol. The maximum Gasteiger partial charge on any atom is 0.312 e. The lowest BCUT2D eigenvalue weighted by atomic mass is 10.1. The highest BCUT2D eigenvalue weighted by atomic mass is 35.5. The molecule has 2 rings (SSSR count). The Labute approximate surface area is 162 Å². The lowest BCUT2D eigenvalue weighted by molar-refractivity contribution is -0.158. The summed E-state index contributed by atoms with van der Waals surface area (Å²) in [5, 5.41) is 2.90. The normalized spacial score (nSPS) is 17.4. The smallest absolute Gasteiger partial charge is 0.312 e. The van der Waals surface area contributed by atoms with Gasteiger partial charge in [0.05, 0.1) is 30.8 Å². The van der Waals surface area contributed by atoms with Crippen LogP contribution in [0.1, 0.15) is 20.3 Å². The van der Waals surface area contributed by atoms with Crippen molar-refractivity contribution in [1.29, 1.82) is 0 Å². The molecule has 1 saturated heterocycles. The summed E-state index contributed by atoms with van der Waals surface area (Å²) in [6.07, 6.45) is -0.945. The zero-order valence-corrected chi connectivity index (χ0v) is 16.5. The molecule has 0 aromatic heterocycles. The van der Waals surface area contributed by atoms with Gasteiger partial charge in [0.1, 0.15) is 11.5 Å². The summed E-state index contributed by atoms with van der Waals surface area (Å²) in [7, 11) is 2.94. The van der Waals surface area contributed by atoms with Crippen molar-refractivity contribution in [3.8, 4) is 11.5 Å². The Morgan fingerprint density at radius 3 is 2.56 bits per heavy atom. The number of carbonyl (C=O) groups excluding carboxylic acids is 3. The molecule has 0 unspecified atom stereocenters. The number of hydrogen-bond acceptors (Lipinski definition) is 6. The monoisotopic (exact) mass is 398 g/mol. The maximum atomic E-state index is 12.5. The van der Waals surface area contributed by atoms with Gasteiger partial charge in [-0.1, -0.05) is 11.6 Å². The lowest BCUT2D eigenvalue weighted by Crippen LogP contribution is -2.37. The highest BCUT2D eigenvalue weighted by Crippen LogP contribution is 2.40. The van der Waals surface area contributed by atoms with Gasteiger partial charge < -0.3 is 24.4 Å². The second kappa shape index (κ2) is 8.94. The van der Waals surface area contributed by atoms with Crippen LogP contribution in [0.2, 0.25) is 5.02 Å². The van der Waals surface area contributed by atoms with E-state index < -0.39 is 18.0 Å². The van der Waals surface area contributed by atoms with E-state index in [9.17, 15) is 14.4 Å². The van der Waals surface area contributed by atoms with Gasteiger partial charge in [-0.25, -0.2) is 0 Å². The van der Waals surface area contributed by atoms with Crippen molar-refractivity contribution < 1.29 is 28.6 Å². The third-order valence-electron chi connectivity index (χ3n) is 4.22. The van der Waals surface area contributed by atoms with Gasteiger partial charge in [-0.2, -0.15) is 0 Å². The summed E-state index contributed by atoms with van der Waals surface area (Å²) in [6, 6.07) is 3.13. The first-order chi connectivity index (χ1) is 12.8. The minimum atomic E-state index is -0.924. The van der Waals surface area contributed by atoms with Gasteiger partial charge in [-0.15, -0.1) is 0 Å². The number of benzene rings is 1. The van der Waals surface area contributed by atoms with Gasteiger partial charge >= 0.3 is 5.97 Å². The summed E-state index contributed by atoms with van der Waals surface area (Å²) < 4.78 is 15.7. The molecule has 27 heavy (non-hydrogen) atoms. The molecular weight excluding hydrogens is 376 g/mol. The van der Waals surface area contributed by atoms with Crippen LogP contribution >= 0.6 is 11.6 Å². The Kier molecular flexibility index (Phi) is 6.90. The number of carbonyl (C=O) groups is 3. The van der Waals surface area contributed by atoms with E-state index in [1.807, 2.05) is 0 Å². The molecule has 9 heteroatoms. The zero-order valence-electron chi connectivity index (χ0n) is 15.7. The number of rotatable bonds is 7. The van der Waals surface area contributed by atoms with Crippen LogP contribution in [0.5, 0.6) is 11.5 Å². The highest BCUT2D eigenvalue weighted by Gasteiger charge is 2.38. The maximum absolute atomic E-state index is 12.5. The average Bonchev–Trinajstić information content (AvgIpc) is 3.03. The van der Waals surface area contributed by atoms with Crippen LogP contribution in [0.3, 0.4) is 0 Å². The van der Waals surface area contributed by atoms with E-state index in [0.29, 0.717) is 28.8 Å². The average molecular weight is 399 g/mol. The number of likely N-dealkylation sites (N-methyl/N-ethyl adjacent to an activating group) is 1. The second-order valence-corrected chi connectivity index (χ2v) is 6.44. The van der Waals surface area contributed by atoms with Crippen molar-refractivity contribution in [1.82, 2.24) is 5.32 Å². The molecule has 1 heterocycles. The van der Waals surface area contributed by atoms with E-state index >= 15 is 0 Å². The highest BCUT2D eigenvalue weighted by molar-refractivity contribution is 6.32. The van der Waals surface area contributed by atoms with Crippen molar-refractivity contribution in [2.24, 2.45) is 5.92 Å². The fraction of sp³-hybridized carbons (Fsp3) is 0.500. The van der Waals surface area contributed by atoms with Crippen LogP contribution in [0.25, 0.3) is 0 Å². The molecule has 2 amide bonds. The van der Waals surface area contributed by atoms with Gasteiger partial charge in [-0.3, -0.25) is 14.4 Å². The van der Waals surface area contributed by atoms with Gasteiger partial charge in [-0.05, 0) is 19.9 Å². The quantitative estimate of drug-likeness (QED) is 0.703. The first-order valence-electron chi connectivity index (χ1n) is 8.52. The van der Waals surface area contributed by atoms with Crippen molar-refractivity contribution in [2.45, 2.75) is 26.4 Å². The first kappa shape index (κ1) is 20.8. The lowest BCUT2D eigenvalue weighted by Gasteiger charge is -2.21. The third kappa shape index (κ3) is 4.63. The van der Waals surface area contributed by atoms with Crippen molar-refractivity contribution in [3.05, 3.63) is 17.2 Å². The van der Waals surface area contributed by atoms with E-state index in [-0.39, 0.29) is 24.8 Å². The molecule has 1 fully saturated rings. The summed E-state index contributed by atoms with van der Waals surface area (Å²) in [5.74, 6) is -1.11. The number of anilines is 1. The first-order valence-corrected chi connectivity index (χ1v) is 8.90. The number of nitrogens with zero attached hydrogens (tertiary/aromatic N) is 1. The minimum Gasteiger partial charge on any atom is -0.495 e. The largest absolute Gasteiger partial charge is 0.495 e. The van der Waals surface area contributed by atoms with Crippen LogP contribution < -0.4 is 19.7 Å². The summed E-state index contributed by atoms with van der Waals surface area (Å²) in [5.41, 5.74) is 0.445. The van der Waals surface area contributed by atoms with Gasteiger partial charge in [0.15, 0.2) is 6.10 Å². The number of nitrogens with one attached hydrogen (secondary N) is 1.